The van der Waals surface area contributed by atoms with Crippen LogP contribution in [0.15, 0.2) is 0 Å². The molecule has 2 atom stereocenters. The van der Waals surface area contributed by atoms with E-state index < -0.39 is 6.10 Å². The molecule has 0 aliphatic rings. The molecule has 0 aromatic carbocycles. The van der Waals surface area contributed by atoms with Crippen molar-refractivity contribution in [3.8, 4) is 0 Å². The van der Waals surface area contributed by atoms with Crippen LogP contribution >= 0.6 is 0 Å². The van der Waals surface area contributed by atoms with Gasteiger partial charge in [0.05, 0.1) is 12.7 Å². The predicted octanol–water partition coefficient (Wildman–Crippen LogP) is -0.374. The number of rotatable bonds is 6. The summed E-state index contributed by atoms with van der Waals surface area (Å²) in [7, 11) is 0. The van der Waals surface area contributed by atoms with Crippen LogP contribution in [0.25, 0.3) is 0 Å². The lowest BCUT2D eigenvalue weighted by Crippen LogP contribution is -2.32. The molecule has 0 aromatic heterocycles. The van der Waals surface area contributed by atoms with E-state index in [0.29, 0.717) is 6.04 Å². The van der Waals surface area contributed by atoms with E-state index in [1.54, 1.807) is 0 Å². The van der Waals surface area contributed by atoms with Gasteiger partial charge in [0.2, 0.25) is 0 Å². The molecule has 2 unspecified atom stereocenters. The van der Waals surface area contributed by atoms with Gasteiger partial charge in [-0.2, -0.15) is 5.48 Å². The lowest BCUT2D eigenvalue weighted by molar-refractivity contribution is -0.0299. The Bertz CT molecular complexity index is 80.5. The summed E-state index contributed by atoms with van der Waals surface area (Å²) in [6, 6.07) is 0.319. The Labute approximate surface area is 67.7 Å². The zero-order valence-corrected chi connectivity index (χ0v) is 7.21. The zero-order valence-electron chi connectivity index (χ0n) is 7.21. The van der Waals surface area contributed by atoms with Crippen molar-refractivity contribution in [3.05, 3.63) is 0 Å². The lowest BCUT2D eigenvalue weighted by atomic mass is 10.3. The molecule has 0 aromatic rings. The first-order valence-corrected chi connectivity index (χ1v) is 3.96. The van der Waals surface area contributed by atoms with Gasteiger partial charge in [0.15, 0.2) is 0 Å². The third-order valence-corrected chi connectivity index (χ3v) is 1.44. The van der Waals surface area contributed by atoms with Crippen LogP contribution in [0.1, 0.15) is 20.3 Å². The van der Waals surface area contributed by atoms with E-state index in [2.05, 4.69) is 12.4 Å². The van der Waals surface area contributed by atoms with E-state index in [-0.39, 0.29) is 13.2 Å². The fourth-order valence-electron chi connectivity index (χ4n) is 0.438. The molecule has 0 radical (unpaired) electrons. The first-order chi connectivity index (χ1) is 5.20. The molecule has 0 bridgehead atoms. The van der Waals surface area contributed by atoms with Gasteiger partial charge in [-0.1, -0.05) is 6.92 Å². The van der Waals surface area contributed by atoms with Crippen LogP contribution in [-0.2, 0) is 4.84 Å². The van der Waals surface area contributed by atoms with Crippen molar-refractivity contribution >= 4 is 0 Å². The molecular formula is C7H18N2O2. The Morgan fingerprint density at radius 3 is 2.73 bits per heavy atom. The average Bonchev–Trinajstić information content (AvgIpc) is 2.04. The molecule has 4 nitrogen and oxygen atoms in total. The largest absolute Gasteiger partial charge is 0.389 e. The fraction of sp³-hybridized carbons (Fsp3) is 1.00. The summed E-state index contributed by atoms with van der Waals surface area (Å²) in [6.45, 7) is 4.55. The minimum Gasteiger partial charge on any atom is -0.389 e. The number of aliphatic hydroxyl groups is 1. The SMILES string of the molecule is CCC(C)NOCC(O)CN. The molecule has 4 N–H and O–H groups in total. The second-order valence-electron chi connectivity index (χ2n) is 2.63. The van der Waals surface area contributed by atoms with Crippen LogP contribution in [-0.4, -0.2) is 30.4 Å². The van der Waals surface area contributed by atoms with Crippen LogP contribution in [0.5, 0.6) is 0 Å². The van der Waals surface area contributed by atoms with Gasteiger partial charge in [-0.15, -0.1) is 0 Å². The first-order valence-electron chi connectivity index (χ1n) is 3.96. The highest BCUT2D eigenvalue weighted by Gasteiger charge is 2.01. The average molecular weight is 162 g/mol. The molecule has 0 saturated carbocycles. The molecule has 68 valence electrons. The highest BCUT2D eigenvalue weighted by molar-refractivity contribution is 4.53. The predicted molar refractivity (Wildman–Crippen MR) is 43.9 cm³/mol. The van der Waals surface area contributed by atoms with Crippen molar-refractivity contribution in [2.75, 3.05) is 13.2 Å². The Morgan fingerprint density at radius 1 is 1.64 bits per heavy atom. The Balaban J connectivity index is 3.13. The van der Waals surface area contributed by atoms with Crippen molar-refractivity contribution in [1.29, 1.82) is 0 Å². The Morgan fingerprint density at radius 2 is 2.27 bits per heavy atom. The van der Waals surface area contributed by atoms with E-state index in [4.69, 9.17) is 15.7 Å². The van der Waals surface area contributed by atoms with Crippen LogP contribution in [0.2, 0.25) is 0 Å². The monoisotopic (exact) mass is 162 g/mol. The summed E-state index contributed by atoms with van der Waals surface area (Å²) in [5, 5.41) is 8.95. The topological polar surface area (TPSA) is 67.5 Å². The highest BCUT2D eigenvalue weighted by atomic mass is 16.6. The van der Waals surface area contributed by atoms with Crippen molar-refractivity contribution in [2.45, 2.75) is 32.4 Å². The van der Waals surface area contributed by atoms with Gasteiger partial charge in [0.25, 0.3) is 0 Å². The normalized spacial score (nSPS) is 16.4. The molecule has 4 heteroatoms. The van der Waals surface area contributed by atoms with Gasteiger partial charge in [-0.05, 0) is 13.3 Å². The molecule has 11 heavy (non-hydrogen) atoms. The summed E-state index contributed by atoms with van der Waals surface area (Å²) in [4.78, 5) is 4.96. The molecule has 0 rings (SSSR count). The maximum Gasteiger partial charge on any atom is 0.0954 e. The van der Waals surface area contributed by atoms with Gasteiger partial charge >= 0.3 is 0 Å². The van der Waals surface area contributed by atoms with Gasteiger partial charge in [0.1, 0.15) is 0 Å². The molecule has 0 amide bonds. The number of nitrogens with two attached hydrogens (primary N) is 1. The molecule has 0 saturated heterocycles. The lowest BCUT2D eigenvalue weighted by Gasteiger charge is -2.13. The van der Waals surface area contributed by atoms with Crippen molar-refractivity contribution in [3.63, 3.8) is 0 Å². The third-order valence-electron chi connectivity index (χ3n) is 1.44. The minimum absolute atomic E-state index is 0.238. The van der Waals surface area contributed by atoms with E-state index in [1.165, 1.54) is 0 Å². The Hall–Kier alpha value is -0.160. The van der Waals surface area contributed by atoms with Gasteiger partial charge < -0.3 is 10.8 Å². The smallest absolute Gasteiger partial charge is 0.0954 e. The fourth-order valence-corrected chi connectivity index (χ4v) is 0.438. The van der Waals surface area contributed by atoms with E-state index in [9.17, 15) is 0 Å². The quantitative estimate of drug-likeness (QED) is 0.466. The molecule has 0 heterocycles. The second kappa shape index (κ2) is 6.54. The molecule has 0 aliphatic carbocycles. The molecular weight excluding hydrogens is 144 g/mol. The van der Waals surface area contributed by atoms with Crippen molar-refractivity contribution in [2.24, 2.45) is 5.73 Å². The number of hydrogen-bond donors (Lipinski definition) is 3. The second-order valence-corrected chi connectivity index (χ2v) is 2.63. The number of hydrogen-bond acceptors (Lipinski definition) is 4. The maximum absolute atomic E-state index is 8.95. The van der Waals surface area contributed by atoms with E-state index in [0.717, 1.165) is 6.42 Å². The highest BCUT2D eigenvalue weighted by Crippen LogP contribution is 1.88. The van der Waals surface area contributed by atoms with Gasteiger partial charge in [-0.3, -0.25) is 4.84 Å². The molecule has 0 aliphatic heterocycles. The number of aliphatic hydroxyl groups excluding tert-OH is 1. The van der Waals surface area contributed by atoms with Crippen molar-refractivity contribution < 1.29 is 9.94 Å². The summed E-state index contributed by atoms with van der Waals surface area (Å²) >= 11 is 0. The summed E-state index contributed by atoms with van der Waals surface area (Å²) in [5.41, 5.74) is 7.95. The summed E-state index contributed by atoms with van der Waals surface area (Å²) in [5.74, 6) is 0. The standard InChI is InChI=1S/C7H18N2O2/c1-3-6(2)9-11-5-7(10)4-8/h6-7,9-10H,3-5,8H2,1-2H3. The van der Waals surface area contributed by atoms with Crippen LogP contribution in [0.3, 0.4) is 0 Å². The van der Waals surface area contributed by atoms with Gasteiger partial charge in [-0.25, -0.2) is 0 Å². The van der Waals surface area contributed by atoms with E-state index in [1.807, 2.05) is 6.92 Å². The van der Waals surface area contributed by atoms with Crippen LogP contribution in [0.4, 0.5) is 0 Å². The molecule has 0 spiro atoms. The third kappa shape index (κ3) is 6.25. The Kier molecular flexibility index (Phi) is 6.45. The zero-order chi connectivity index (χ0) is 8.69. The van der Waals surface area contributed by atoms with Crippen LogP contribution < -0.4 is 11.2 Å². The number of nitrogens with one attached hydrogen (secondary N) is 1. The van der Waals surface area contributed by atoms with Crippen molar-refractivity contribution in [1.82, 2.24) is 5.48 Å². The summed E-state index contributed by atoms with van der Waals surface area (Å²) in [6.07, 6.45) is 0.435. The first kappa shape index (κ1) is 10.8. The number of hydroxylamine groups is 1. The van der Waals surface area contributed by atoms with Crippen LogP contribution in [0, 0.1) is 0 Å². The van der Waals surface area contributed by atoms with Gasteiger partial charge in [0, 0.05) is 12.6 Å². The maximum atomic E-state index is 8.95. The van der Waals surface area contributed by atoms with E-state index >= 15 is 0 Å². The summed E-state index contributed by atoms with van der Waals surface area (Å²) < 4.78 is 0. The minimum atomic E-state index is -0.563. The molecule has 0 fully saturated rings.